The number of hydrogen-bond acceptors (Lipinski definition) is 3. The first-order chi connectivity index (χ1) is 9.79. The Bertz CT molecular complexity index is 596. The summed E-state index contributed by atoms with van der Waals surface area (Å²) in [5, 5.41) is 1.82. The van der Waals surface area contributed by atoms with Crippen molar-refractivity contribution < 1.29 is 22.3 Å². The van der Waals surface area contributed by atoms with Crippen LogP contribution in [0.15, 0.2) is 35.7 Å². The quantitative estimate of drug-likeness (QED) is 0.849. The lowest BCUT2D eigenvalue weighted by Crippen LogP contribution is -2.28. The molecular weight excluding hydrogens is 306 g/mol. The van der Waals surface area contributed by atoms with Crippen LogP contribution in [0, 0.1) is 5.82 Å². The number of hydrogen-bond donors (Lipinski definition) is 1. The highest BCUT2D eigenvalue weighted by Gasteiger charge is 2.34. The van der Waals surface area contributed by atoms with Gasteiger partial charge in [-0.25, -0.2) is 4.39 Å². The maximum Gasteiger partial charge on any atom is 0.419 e. The van der Waals surface area contributed by atoms with E-state index in [0.717, 1.165) is 17.0 Å². The van der Waals surface area contributed by atoms with Gasteiger partial charge >= 0.3 is 6.18 Å². The molecule has 7 heteroatoms. The molecule has 0 spiro atoms. The molecule has 0 aliphatic heterocycles. The van der Waals surface area contributed by atoms with Crippen molar-refractivity contribution in [3.63, 3.8) is 0 Å². The van der Waals surface area contributed by atoms with Crippen LogP contribution in [0.1, 0.15) is 23.5 Å². The molecule has 21 heavy (non-hydrogen) atoms. The molecule has 2 unspecified atom stereocenters. The van der Waals surface area contributed by atoms with E-state index in [9.17, 15) is 17.6 Å². The van der Waals surface area contributed by atoms with Gasteiger partial charge < -0.3 is 10.5 Å². The molecule has 0 fully saturated rings. The molecule has 0 bridgehead atoms. The fourth-order valence-corrected chi connectivity index (χ4v) is 2.69. The van der Waals surface area contributed by atoms with Crippen molar-refractivity contribution in [2.75, 3.05) is 0 Å². The van der Waals surface area contributed by atoms with Gasteiger partial charge in [0, 0.05) is 10.9 Å². The van der Waals surface area contributed by atoms with E-state index < -0.39 is 29.7 Å². The van der Waals surface area contributed by atoms with Crippen LogP contribution >= 0.6 is 11.3 Å². The van der Waals surface area contributed by atoms with E-state index in [1.165, 1.54) is 11.3 Å². The van der Waals surface area contributed by atoms with Crippen LogP contribution < -0.4 is 10.5 Å². The maximum atomic E-state index is 13.2. The zero-order chi connectivity index (χ0) is 15.6. The molecule has 0 aliphatic carbocycles. The van der Waals surface area contributed by atoms with Crippen LogP contribution in [0.25, 0.3) is 0 Å². The lowest BCUT2D eigenvalue weighted by molar-refractivity contribution is -0.140. The summed E-state index contributed by atoms with van der Waals surface area (Å²) in [4.78, 5) is 0.794. The zero-order valence-corrected chi connectivity index (χ0v) is 11.8. The number of alkyl halides is 3. The van der Waals surface area contributed by atoms with Crippen LogP contribution in [0.2, 0.25) is 0 Å². The number of thiophene rings is 1. The van der Waals surface area contributed by atoms with E-state index in [2.05, 4.69) is 0 Å². The number of halogens is 4. The summed E-state index contributed by atoms with van der Waals surface area (Å²) in [6.07, 6.45) is -5.35. The average molecular weight is 319 g/mol. The Morgan fingerprint density at radius 1 is 1.24 bits per heavy atom. The summed E-state index contributed by atoms with van der Waals surface area (Å²) < 4.78 is 56.8. The lowest BCUT2D eigenvalue weighted by Gasteiger charge is -2.22. The second-order valence-corrected chi connectivity index (χ2v) is 5.53. The third kappa shape index (κ3) is 3.74. The van der Waals surface area contributed by atoms with Gasteiger partial charge in [-0.05, 0) is 36.6 Å². The van der Waals surface area contributed by atoms with Gasteiger partial charge in [0.15, 0.2) is 0 Å². The van der Waals surface area contributed by atoms with Gasteiger partial charge in [0.2, 0.25) is 0 Å². The van der Waals surface area contributed by atoms with Crippen molar-refractivity contribution in [1.82, 2.24) is 0 Å². The summed E-state index contributed by atoms with van der Waals surface area (Å²) in [6.45, 7) is 1.69. The topological polar surface area (TPSA) is 35.2 Å². The first-order valence-electron chi connectivity index (χ1n) is 6.11. The standard InChI is InChI=1S/C14H13F4NOS/c1-8(19)13(12-3-2-6-21-12)20-9-4-5-11(15)10(7-9)14(16,17)18/h2-8,13H,19H2,1H3. The first-order valence-corrected chi connectivity index (χ1v) is 6.99. The molecule has 1 aromatic carbocycles. The zero-order valence-electron chi connectivity index (χ0n) is 11.0. The highest BCUT2D eigenvalue weighted by atomic mass is 32.1. The average Bonchev–Trinajstić information content (AvgIpc) is 2.89. The van der Waals surface area contributed by atoms with Gasteiger partial charge in [-0.1, -0.05) is 6.07 Å². The molecule has 2 nitrogen and oxygen atoms in total. The van der Waals surface area contributed by atoms with Crippen molar-refractivity contribution in [2.45, 2.75) is 25.2 Å². The summed E-state index contributed by atoms with van der Waals surface area (Å²) >= 11 is 1.39. The Labute approximate surface area is 123 Å². The van der Waals surface area contributed by atoms with Crippen molar-refractivity contribution >= 4 is 11.3 Å². The predicted octanol–water partition coefficient (Wildman–Crippen LogP) is 4.37. The first kappa shape index (κ1) is 15.8. The Hall–Kier alpha value is -1.60. The van der Waals surface area contributed by atoms with Crippen LogP contribution in [-0.2, 0) is 6.18 Å². The minimum absolute atomic E-state index is 0.0700. The fourth-order valence-electron chi connectivity index (χ4n) is 1.82. The van der Waals surface area contributed by atoms with E-state index >= 15 is 0 Å². The minimum Gasteiger partial charge on any atom is -0.483 e. The van der Waals surface area contributed by atoms with Crippen molar-refractivity contribution in [1.29, 1.82) is 0 Å². The van der Waals surface area contributed by atoms with Crippen molar-refractivity contribution in [3.05, 3.63) is 52.0 Å². The SMILES string of the molecule is CC(N)C(Oc1ccc(F)c(C(F)(F)F)c1)c1cccs1. The third-order valence-electron chi connectivity index (χ3n) is 2.81. The smallest absolute Gasteiger partial charge is 0.419 e. The number of benzene rings is 1. The van der Waals surface area contributed by atoms with Gasteiger partial charge in [-0.3, -0.25) is 0 Å². The molecule has 0 saturated heterocycles. The minimum atomic E-state index is -4.77. The van der Waals surface area contributed by atoms with E-state index in [4.69, 9.17) is 10.5 Å². The summed E-state index contributed by atoms with van der Waals surface area (Å²) in [7, 11) is 0. The van der Waals surface area contributed by atoms with Crippen LogP contribution in [-0.4, -0.2) is 6.04 Å². The molecule has 1 aromatic heterocycles. The van der Waals surface area contributed by atoms with Gasteiger partial charge in [0.25, 0.3) is 0 Å². The number of nitrogens with two attached hydrogens (primary N) is 1. The maximum absolute atomic E-state index is 13.2. The predicted molar refractivity (Wildman–Crippen MR) is 72.7 cm³/mol. The number of ether oxygens (including phenoxy) is 1. The summed E-state index contributed by atoms with van der Waals surface area (Å²) in [5.41, 5.74) is 4.46. The van der Waals surface area contributed by atoms with Gasteiger partial charge in [-0.2, -0.15) is 13.2 Å². The molecule has 2 N–H and O–H groups in total. The molecule has 2 rings (SSSR count). The largest absolute Gasteiger partial charge is 0.483 e. The molecule has 0 saturated carbocycles. The normalized spacial score (nSPS) is 14.8. The van der Waals surface area contributed by atoms with E-state index in [-0.39, 0.29) is 5.75 Å². The van der Waals surface area contributed by atoms with Crippen LogP contribution in [0.4, 0.5) is 17.6 Å². The molecule has 114 valence electrons. The third-order valence-corrected chi connectivity index (χ3v) is 3.74. The van der Waals surface area contributed by atoms with Crippen molar-refractivity contribution in [2.24, 2.45) is 5.73 Å². The Morgan fingerprint density at radius 3 is 2.48 bits per heavy atom. The fraction of sp³-hybridized carbons (Fsp3) is 0.286. The Balaban J connectivity index is 2.30. The second kappa shape index (κ2) is 6.03. The summed E-state index contributed by atoms with van der Waals surface area (Å²) in [6, 6.07) is 5.71. The molecular formula is C14H13F4NOS. The van der Waals surface area contributed by atoms with Crippen molar-refractivity contribution in [3.8, 4) is 5.75 Å². The molecule has 0 aliphatic rings. The van der Waals surface area contributed by atoms with Gasteiger partial charge in [-0.15, -0.1) is 11.3 Å². The molecule has 1 heterocycles. The van der Waals surface area contributed by atoms with E-state index in [1.54, 1.807) is 19.1 Å². The van der Waals surface area contributed by atoms with Crippen LogP contribution in [0.3, 0.4) is 0 Å². The second-order valence-electron chi connectivity index (χ2n) is 4.55. The Kier molecular flexibility index (Phi) is 4.53. The molecule has 2 atom stereocenters. The monoisotopic (exact) mass is 319 g/mol. The molecule has 0 amide bonds. The molecule has 2 aromatic rings. The van der Waals surface area contributed by atoms with E-state index in [1.807, 2.05) is 5.38 Å². The van der Waals surface area contributed by atoms with Crippen LogP contribution in [0.5, 0.6) is 5.75 Å². The van der Waals surface area contributed by atoms with E-state index in [0.29, 0.717) is 6.07 Å². The molecule has 0 radical (unpaired) electrons. The Morgan fingerprint density at radius 2 is 1.95 bits per heavy atom. The lowest BCUT2D eigenvalue weighted by atomic mass is 10.1. The number of rotatable bonds is 4. The highest BCUT2D eigenvalue weighted by molar-refractivity contribution is 7.10. The summed E-state index contributed by atoms with van der Waals surface area (Å²) in [5.74, 6) is -1.40. The van der Waals surface area contributed by atoms with Gasteiger partial charge in [0.1, 0.15) is 17.7 Å². The van der Waals surface area contributed by atoms with Gasteiger partial charge in [0.05, 0.1) is 5.56 Å². The highest BCUT2D eigenvalue weighted by Crippen LogP contribution is 2.35.